The minimum absolute atomic E-state index is 0.0105. The summed E-state index contributed by atoms with van der Waals surface area (Å²) in [5, 5.41) is 25.2. The summed E-state index contributed by atoms with van der Waals surface area (Å²) in [7, 11) is 0. The predicted octanol–water partition coefficient (Wildman–Crippen LogP) is -0.158. The van der Waals surface area contributed by atoms with Crippen LogP contribution in [0.1, 0.15) is 10.4 Å². The lowest BCUT2D eigenvalue weighted by molar-refractivity contribution is 0.0929. The van der Waals surface area contributed by atoms with Gasteiger partial charge in [0.1, 0.15) is 17.1 Å². The molecule has 1 aliphatic heterocycles. The highest BCUT2D eigenvalue weighted by molar-refractivity contribution is 6.04. The van der Waals surface area contributed by atoms with E-state index in [0.717, 1.165) is 6.54 Å². The van der Waals surface area contributed by atoms with Crippen LogP contribution in [0.2, 0.25) is 0 Å². The van der Waals surface area contributed by atoms with Crippen LogP contribution in [-0.4, -0.2) is 41.7 Å². The normalized spacial score (nSPS) is 20.6. The highest BCUT2D eigenvalue weighted by Crippen LogP contribution is 2.27. The summed E-state index contributed by atoms with van der Waals surface area (Å²) >= 11 is 0. The molecule has 1 aromatic rings. The minimum Gasteiger partial charge on any atom is -0.507 e. The van der Waals surface area contributed by atoms with Crippen molar-refractivity contribution in [3.05, 3.63) is 23.8 Å². The zero-order valence-electron chi connectivity index (χ0n) is 8.73. The van der Waals surface area contributed by atoms with E-state index in [4.69, 9.17) is 0 Å². The first kappa shape index (κ1) is 10.9. The van der Waals surface area contributed by atoms with Gasteiger partial charge in [-0.2, -0.15) is 0 Å². The Morgan fingerprint density at radius 3 is 2.50 bits per heavy atom. The lowest BCUT2D eigenvalue weighted by atomic mass is 10.0. The third-order valence-corrected chi connectivity index (χ3v) is 2.62. The van der Waals surface area contributed by atoms with Crippen LogP contribution in [0, 0.1) is 0 Å². The van der Waals surface area contributed by atoms with Crippen molar-refractivity contribution in [3.8, 4) is 11.5 Å². The SMILES string of the molecule is O=C(c1c(O)cccc1O)C1CNCCN1. The maximum Gasteiger partial charge on any atom is 0.188 e. The Kier molecular flexibility index (Phi) is 3.07. The number of nitrogens with one attached hydrogen (secondary N) is 2. The van der Waals surface area contributed by atoms with Crippen molar-refractivity contribution < 1.29 is 15.0 Å². The Labute approximate surface area is 93.1 Å². The van der Waals surface area contributed by atoms with Gasteiger partial charge in [0.15, 0.2) is 5.78 Å². The lowest BCUT2D eigenvalue weighted by Gasteiger charge is -2.23. The van der Waals surface area contributed by atoms with Crippen molar-refractivity contribution in [1.82, 2.24) is 10.6 Å². The van der Waals surface area contributed by atoms with E-state index in [2.05, 4.69) is 10.6 Å². The maximum absolute atomic E-state index is 12.0. The van der Waals surface area contributed by atoms with Crippen molar-refractivity contribution in [1.29, 1.82) is 0 Å². The second kappa shape index (κ2) is 4.51. The molecule has 16 heavy (non-hydrogen) atoms. The molecule has 1 aliphatic rings. The number of benzene rings is 1. The molecule has 0 saturated carbocycles. The number of rotatable bonds is 2. The van der Waals surface area contributed by atoms with Gasteiger partial charge < -0.3 is 20.8 Å². The van der Waals surface area contributed by atoms with Gasteiger partial charge in [0.25, 0.3) is 0 Å². The number of phenols is 2. The molecule has 0 aromatic heterocycles. The van der Waals surface area contributed by atoms with Crippen LogP contribution in [-0.2, 0) is 0 Å². The van der Waals surface area contributed by atoms with Gasteiger partial charge in [-0.05, 0) is 12.1 Å². The van der Waals surface area contributed by atoms with Crippen LogP contribution in [0.25, 0.3) is 0 Å². The summed E-state index contributed by atoms with van der Waals surface area (Å²) in [6.07, 6.45) is 0. The van der Waals surface area contributed by atoms with E-state index < -0.39 is 6.04 Å². The number of aromatic hydroxyl groups is 2. The van der Waals surface area contributed by atoms with E-state index >= 15 is 0 Å². The fourth-order valence-corrected chi connectivity index (χ4v) is 1.79. The zero-order valence-corrected chi connectivity index (χ0v) is 8.73. The number of piperazine rings is 1. The number of ketones is 1. The average molecular weight is 222 g/mol. The van der Waals surface area contributed by atoms with Gasteiger partial charge in [0.2, 0.25) is 0 Å². The quantitative estimate of drug-likeness (QED) is 0.523. The molecule has 0 spiro atoms. The van der Waals surface area contributed by atoms with Crippen LogP contribution >= 0.6 is 0 Å². The third-order valence-electron chi connectivity index (χ3n) is 2.62. The Morgan fingerprint density at radius 1 is 1.25 bits per heavy atom. The summed E-state index contributed by atoms with van der Waals surface area (Å²) in [4.78, 5) is 12.0. The van der Waals surface area contributed by atoms with Gasteiger partial charge in [-0.3, -0.25) is 4.79 Å². The minimum atomic E-state index is -0.395. The molecule has 1 fully saturated rings. The molecule has 1 unspecified atom stereocenters. The molecule has 0 amide bonds. The number of hydrogen-bond donors (Lipinski definition) is 4. The van der Waals surface area contributed by atoms with Gasteiger partial charge in [-0.15, -0.1) is 0 Å². The first-order chi connectivity index (χ1) is 7.70. The summed E-state index contributed by atoms with van der Waals surface area (Å²) in [5.41, 5.74) is -0.0105. The van der Waals surface area contributed by atoms with Crippen molar-refractivity contribution in [3.63, 3.8) is 0 Å². The van der Waals surface area contributed by atoms with Gasteiger partial charge in [-0.1, -0.05) is 6.07 Å². The summed E-state index contributed by atoms with van der Waals surface area (Å²) in [6.45, 7) is 2.02. The molecule has 1 atom stereocenters. The molecule has 0 bridgehead atoms. The fraction of sp³-hybridized carbons (Fsp3) is 0.364. The van der Waals surface area contributed by atoms with E-state index in [1.54, 1.807) is 0 Å². The van der Waals surface area contributed by atoms with E-state index in [9.17, 15) is 15.0 Å². The van der Waals surface area contributed by atoms with Crippen LogP contribution in [0.3, 0.4) is 0 Å². The Balaban J connectivity index is 2.26. The lowest BCUT2D eigenvalue weighted by Crippen LogP contribution is -2.52. The number of carbonyl (C=O) groups is 1. The number of hydrogen-bond acceptors (Lipinski definition) is 5. The fourth-order valence-electron chi connectivity index (χ4n) is 1.79. The summed E-state index contributed by atoms with van der Waals surface area (Å²) in [5.74, 6) is -0.655. The van der Waals surface area contributed by atoms with E-state index in [-0.39, 0.29) is 22.8 Å². The molecule has 0 aliphatic carbocycles. The smallest absolute Gasteiger partial charge is 0.188 e. The Hall–Kier alpha value is -1.59. The van der Waals surface area contributed by atoms with Gasteiger partial charge in [-0.25, -0.2) is 0 Å². The van der Waals surface area contributed by atoms with Gasteiger partial charge in [0, 0.05) is 19.6 Å². The number of carbonyl (C=O) groups excluding carboxylic acids is 1. The van der Waals surface area contributed by atoms with Crippen LogP contribution in [0.5, 0.6) is 11.5 Å². The molecule has 1 saturated heterocycles. The van der Waals surface area contributed by atoms with Crippen molar-refractivity contribution in [2.45, 2.75) is 6.04 Å². The van der Waals surface area contributed by atoms with Crippen LogP contribution in [0.15, 0.2) is 18.2 Å². The molecule has 4 N–H and O–H groups in total. The largest absolute Gasteiger partial charge is 0.507 e. The standard InChI is InChI=1S/C11H14N2O3/c14-8-2-1-3-9(15)10(8)11(16)7-6-12-4-5-13-7/h1-3,7,12-15H,4-6H2. The second-order valence-corrected chi connectivity index (χ2v) is 3.75. The molecule has 5 nitrogen and oxygen atoms in total. The third kappa shape index (κ3) is 2.00. The molecule has 5 heteroatoms. The predicted molar refractivity (Wildman–Crippen MR) is 58.8 cm³/mol. The van der Waals surface area contributed by atoms with Gasteiger partial charge in [0.05, 0.1) is 6.04 Å². The topological polar surface area (TPSA) is 81.6 Å². The van der Waals surface area contributed by atoms with E-state index in [1.165, 1.54) is 18.2 Å². The second-order valence-electron chi connectivity index (χ2n) is 3.75. The number of Topliss-reactive ketones (excluding diaryl/α,β-unsaturated/α-hetero) is 1. The molecular weight excluding hydrogens is 208 g/mol. The molecular formula is C11H14N2O3. The monoisotopic (exact) mass is 222 g/mol. The highest BCUT2D eigenvalue weighted by Gasteiger charge is 2.26. The van der Waals surface area contributed by atoms with Crippen LogP contribution in [0.4, 0.5) is 0 Å². The molecule has 2 rings (SSSR count). The first-order valence-corrected chi connectivity index (χ1v) is 5.19. The molecule has 1 aromatic carbocycles. The van der Waals surface area contributed by atoms with E-state index in [0.29, 0.717) is 13.1 Å². The molecule has 0 radical (unpaired) electrons. The zero-order chi connectivity index (χ0) is 11.5. The molecule has 86 valence electrons. The van der Waals surface area contributed by atoms with Crippen molar-refractivity contribution in [2.24, 2.45) is 0 Å². The maximum atomic E-state index is 12.0. The highest BCUT2D eigenvalue weighted by atomic mass is 16.3. The average Bonchev–Trinajstić information content (AvgIpc) is 2.30. The van der Waals surface area contributed by atoms with Crippen molar-refractivity contribution >= 4 is 5.78 Å². The van der Waals surface area contributed by atoms with Crippen molar-refractivity contribution in [2.75, 3.05) is 19.6 Å². The van der Waals surface area contributed by atoms with Gasteiger partial charge >= 0.3 is 0 Å². The first-order valence-electron chi connectivity index (χ1n) is 5.19. The number of phenolic OH excluding ortho intramolecular Hbond substituents is 2. The Bertz CT molecular complexity index is 380. The Morgan fingerprint density at radius 2 is 1.94 bits per heavy atom. The van der Waals surface area contributed by atoms with Crippen LogP contribution < -0.4 is 10.6 Å². The molecule has 1 heterocycles. The summed E-state index contributed by atoms with van der Waals surface area (Å²) in [6, 6.07) is 3.88. The van der Waals surface area contributed by atoms with E-state index in [1.807, 2.05) is 0 Å². The summed E-state index contributed by atoms with van der Waals surface area (Å²) < 4.78 is 0.